The van der Waals surface area contributed by atoms with Gasteiger partial charge in [0, 0.05) is 52.6 Å². The topological polar surface area (TPSA) is 195 Å². The van der Waals surface area contributed by atoms with Crippen LogP contribution in [-0.4, -0.2) is 146 Å². The summed E-state index contributed by atoms with van der Waals surface area (Å²) in [5.74, 6) is -0.986. The van der Waals surface area contributed by atoms with Crippen molar-refractivity contribution in [2.75, 3.05) is 105 Å². The summed E-state index contributed by atoms with van der Waals surface area (Å²) in [7, 11) is 0. The lowest BCUT2D eigenvalue weighted by Crippen LogP contribution is -2.36. The van der Waals surface area contributed by atoms with Crippen LogP contribution in [0.1, 0.15) is 73.6 Å². The zero-order chi connectivity index (χ0) is 36.8. The summed E-state index contributed by atoms with van der Waals surface area (Å²) in [5.41, 5.74) is 4.18. The van der Waals surface area contributed by atoms with Crippen molar-refractivity contribution in [2.24, 2.45) is 5.73 Å². The Morgan fingerprint density at radius 3 is 1.12 bits per heavy atom. The van der Waals surface area contributed by atoms with E-state index in [1.54, 1.807) is 4.90 Å². The van der Waals surface area contributed by atoms with Gasteiger partial charge >= 0.3 is 12.2 Å². The number of hydrogen-bond donors (Lipinski definition) is 3. The molecule has 0 aliphatic carbocycles. The maximum absolute atomic E-state index is 12.4. The fourth-order valence-electron chi connectivity index (χ4n) is 3.78. The number of primary amides is 1. The predicted molar refractivity (Wildman–Crippen MR) is 182 cm³/mol. The molecule has 0 aromatic carbocycles. The highest BCUT2D eigenvalue weighted by Crippen LogP contribution is 2.07. The van der Waals surface area contributed by atoms with Gasteiger partial charge in [0.05, 0.1) is 52.9 Å². The van der Waals surface area contributed by atoms with E-state index in [4.69, 9.17) is 43.6 Å². The van der Waals surface area contributed by atoms with Crippen LogP contribution in [0.25, 0.3) is 0 Å². The van der Waals surface area contributed by atoms with Crippen LogP contribution in [0.2, 0.25) is 0 Å². The molecule has 0 rings (SSSR count). The minimum Gasteiger partial charge on any atom is -0.444 e. The van der Waals surface area contributed by atoms with E-state index in [9.17, 15) is 19.2 Å². The molecule has 0 atom stereocenters. The number of rotatable bonds is 30. The summed E-state index contributed by atoms with van der Waals surface area (Å²) in [6.45, 7) is 17.9. The lowest BCUT2D eigenvalue weighted by Gasteiger charge is -2.22. The minimum atomic E-state index is -0.667. The first-order chi connectivity index (χ1) is 23.2. The van der Waals surface area contributed by atoms with Crippen LogP contribution in [0.3, 0.4) is 0 Å². The second kappa shape index (κ2) is 29.0. The molecule has 0 aliphatic heterocycles. The second-order valence-electron chi connectivity index (χ2n) is 13.0. The van der Waals surface area contributed by atoms with Crippen molar-refractivity contribution >= 4 is 24.0 Å². The molecule has 16 heteroatoms. The molecule has 0 aliphatic rings. The maximum Gasteiger partial charge on any atom is 0.407 e. The first-order valence-electron chi connectivity index (χ1n) is 17.2. The van der Waals surface area contributed by atoms with Crippen LogP contribution in [0.4, 0.5) is 9.59 Å². The average Bonchev–Trinajstić information content (AvgIpc) is 2.98. The number of nitrogens with one attached hydrogen (secondary N) is 2. The smallest absolute Gasteiger partial charge is 0.407 e. The molecule has 0 fully saturated rings. The summed E-state index contributed by atoms with van der Waals surface area (Å²) in [5, 5.41) is 5.35. The Kier molecular flexibility index (Phi) is 27.4. The second-order valence-corrected chi connectivity index (χ2v) is 13.0. The van der Waals surface area contributed by atoms with E-state index in [0.717, 1.165) is 0 Å². The number of amides is 4. The van der Waals surface area contributed by atoms with E-state index < -0.39 is 29.3 Å². The summed E-state index contributed by atoms with van der Waals surface area (Å²) in [6, 6.07) is 0. The van der Waals surface area contributed by atoms with Crippen molar-refractivity contribution in [3.05, 3.63) is 0 Å². The van der Waals surface area contributed by atoms with E-state index >= 15 is 0 Å². The Bertz CT molecular complexity index is 825. The quantitative estimate of drug-likeness (QED) is 0.0730. The molecular weight excluding hydrogens is 644 g/mol. The van der Waals surface area contributed by atoms with E-state index in [2.05, 4.69) is 10.6 Å². The van der Waals surface area contributed by atoms with Gasteiger partial charge in [-0.25, -0.2) is 9.59 Å². The predicted octanol–water partition coefficient (Wildman–Crippen LogP) is 2.40. The van der Waals surface area contributed by atoms with Crippen molar-refractivity contribution < 1.29 is 57.1 Å². The first kappa shape index (κ1) is 46.2. The fraction of sp³-hybridized carbons (Fsp3) is 0.879. The molecule has 0 aromatic heterocycles. The molecular formula is C33H64N4O12. The van der Waals surface area contributed by atoms with Crippen LogP contribution in [0.15, 0.2) is 0 Å². The highest BCUT2D eigenvalue weighted by atomic mass is 16.6. The molecule has 4 amide bonds. The van der Waals surface area contributed by atoms with Crippen molar-refractivity contribution in [3.63, 3.8) is 0 Å². The number of nitrogens with two attached hydrogens (primary N) is 1. The van der Waals surface area contributed by atoms with Crippen LogP contribution in [0.5, 0.6) is 0 Å². The molecule has 0 heterocycles. The van der Waals surface area contributed by atoms with Crippen LogP contribution < -0.4 is 16.4 Å². The van der Waals surface area contributed by atoms with E-state index in [1.807, 2.05) is 41.5 Å². The van der Waals surface area contributed by atoms with Crippen molar-refractivity contribution in [3.8, 4) is 0 Å². The number of alkyl carbamates (subject to hydrolysis) is 2. The van der Waals surface area contributed by atoms with Gasteiger partial charge in [0.25, 0.3) is 0 Å². The van der Waals surface area contributed by atoms with E-state index in [-0.39, 0.29) is 12.3 Å². The highest BCUT2D eigenvalue weighted by molar-refractivity contribution is 5.96. The molecule has 0 unspecified atom stereocenters. The third kappa shape index (κ3) is 34.9. The van der Waals surface area contributed by atoms with Gasteiger partial charge in [0.2, 0.25) is 11.8 Å². The zero-order valence-corrected chi connectivity index (χ0v) is 30.8. The fourth-order valence-corrected chi connectivity index (χ4v) is 3.78. The summed E-state index contributed by atoms with van der Waals surface area (Å²) in [4.78, 5) is 48.4. The Morgan fingerprint density at radius 1 is 0.510 bits per heavy atom. The standard InChI is InChI=1S/C33H64N4O12/c1-32(2,3)48-30(40)35-11-7-15-42-19-23-46-25-21-44-17-9-13-37(29(39)27-28(34)38)14-10-18-45-22-26-47-24-20-43-16-8-12-36-31(41)49-33(4,5)6/h7-27H2,1-6H3,(H2,34,38)(H,35,40)(H,36,41). The van der Waals surface area contributed by atoms with Gasteiger partial charge in [-0.2, -0.15) is 0 Å². The number of nitrogens with zero attached hydrogens (tertiary/aromatic N) is 1. The minimum absolute atomic E-state index is 0.319. The van der Waals surface area contributed by atoms with Gasteiger partial charge in [-0.1, -0.05) is 0 Å². The third-order valence-corrected chi connectivity index (χ3v) is 5.87. The SMILES string of the molecule is CC(C)(C)OC(=O)NCCCOCCOCCOCCCN(CCCOCCOCCOCCCNC(=O)OC(C)(C)C)C(=O)CC(N)=O. The number of ether oxygens (including phenoxy) is 8. The number of hydrogen-bond acceptors (Lipinski definition) is 12. The Labute approximate surface area is 292 Å². The van der Waals surface area contributed by atoms with Crippen molar-refractivity contribution in [2.45, 2.75) is 84.8 Å². The first-order valence-corrected chi connectivity index (χ1v) is 17.2. The monoisotopic (exact) mass is 708 g/mol. The van der Waals surface area contributed by atoms with Gasteiger partial charge in [0.1, 0.15) is 17.6 Å². The largest absolute Gasteiger partial charge is 0.444 e. The molecule has 4 N–H and O–H groups in total. The molecule has 16 nitrogen and oxygen atoms in total. The summed E-state index contributed by atoms with van der Waals surface area (Å²) >= 11 is 0. The van der Waals surface area contributed by atoms with Crippen LogP contribution in [0, 0.1) is 0 Å². The molecule has 0 spiro atoms. The van der Waals surface area contributed by atoms with Gasteiger partial charge in [0.15, 0.2) is 0 Å². The summed E-state index contributed by atoms with van der Waals surface area (Å²) < 4.78 is 43.5. The van der Waals surface area contributed by atoms with Crippen LogP contribution in [-0.2, 0) is 47.5 Å². The molecule has 0 aromatic rings. The highest BCUT2D eigenvalue weighted by Gasteiger charge is 2.17. The molecule has 288 valence electrons. The normalized spacial score (nSPS) is 11.6. The Balaban J connectivity index is 3.76. The van der Waals surface area contributed by atoms with Gasteiger partial charge in [-0.3, -0.25) is 9.59 Å². The molecule has 0 saturated heterocycles. The molecule has 0 bridgehead atoms. The summed E-state index contributed by atoms with van der Waals surface area (Å²) in [6.07, 6.45) is 1.31. The van der Waals surface area contributed by atoms with Crippen molar-refractivity contribution in [1.29, 1.82) is 0 Å². The lowest BCUT2D eigenvalue weighted by molar-refractivity contribution is -0.135. The number of carbonyl (C=O) groups excluding carboxylic acids is 4. The lowest BCUT2D eigenvalue weighted by atomic mass is 10.2. The van der Waals surface area contributed by atoms with Gasteiger partial charge in [-0.15, -0.1) is 0 Å². The van der Waals surface area contributed by atoms with Crippen molar-refractivity contribution in [1.82, 2.24) is 15.5 Å². The Morgan fingerprint density at radius 2 is 0.816 bits per heavy atom. The van der Waals surface area contributed by atoms with Crippen LogP contribution >= 0.6 is 0 Å². The van der Waals surface area contributed by atoms with Gasteiger partial charge in [-0.05, 0) is 67.2 Å². The zero-order valence-electron chi connectivity index (χ0n) is 30.8. The molecule has 0 radical (unpaired) electrons. The third-order valence-electron chi connectivity index (χ3n) is 5.87. The van der Waals surface area contributed by atoms with E-state index in [0.29, 0.717) is 131 Å². The van der Waals surface area contributed by atoms with E-state index in [1.165, 1.54) is 0 Å². The number of carbonyl (C=O) groups is 4. The van der Waals surface area contributed by atoms with Gasteiger partial charge < -0.3 is 59.2 Å². The Hall–Kier alpha value is -2.76. The molecule has 0 saturated carbocycles. The maximum atomic E-state index is 12.4. The average molecular weight is 709 g/mol. The molecule has 49 heavy (non-hydrogen) atoms.